The number of nitrogens with zero attached hydrogens (tertiary/aromatic N) is 2. The molecule has 84 valence electrons. The molecule has 0 aliphatic carbocycles. The second-order valence-corrected chi connectivity index (χ2v) is 5.08. The van der Waals surface area contributed by atoms with E-state index in [-0.39, 0.29) is 12.3 Å². The minimum Gasteiger partial charge on any atom is -0.353 e. The van der Waals surface area contributed by atoms with Gasteiger partial charge in [-0.25, -0.2) is 23.1 Å². The van der Waals surface area contributed by atoms with Crippen LogP contribution in [0, 0.1) is 6.92 Å². The SMILES string of the molecule is CNS(=O)(=O)CCNc1ncc(C)cn1. The molecule has 0 aliphatic heterocycles. The number of anilines is 1. The smallest absolute Gasteiger partial charge is 0.222 e. The summed E-state index contributed by atoms with van der Waals surface area (Å²) >= 11 is 0. The topological polar surface area (TPSA) is 84.0 Å². The van der Waals surface area contributed by atoms with Gasteiger partial charge in [0.2, 0.25) is 16.0 Å². The molecular formula is C8H14N4O2S. The molecule has 1 rings (SSSR count). The summed E-state index contributed by atoms with van der Waals surface area (Å²) in [5.41, 5.74) is 0.961. The number of aromatic nitrogens is 2. The van der Waals surface area contributed by atoms with Gasteiger partial charge in [-0.05, 0) is 19.5 Å². The zero-order chi connectivity index (χ0) is 11.3. The fourth-order valence-corrected chi connectivity index (χ4v) is 1.46. The molecule has 0 aromatic carbocycles. The van der Waals surface area contributed by atoms with Crippen molar-refractivity contribution in [3.8, 4) is 0 Å². The standard InChI is InChI=1S/C8H14N4O2S/c1-7-5-11-8(12-6-7)10-3-4-15(13,14)9-2/h5-6,9H,3-4H2,1-2H3,(H,10,11,12). The minimum absolute atomic E-state index is 0.000731. The van der Waals surface area contributed by atoms with Crippen LogP contribution in [0.5, 0.6) is 0 Å². The van der Waals surface area contributed by atoms with Gasteiger partial charge in [-0.1, -0.05) is 0 Å². The highest BCUT2D eigenvalue weighted by molar-refractivity contribution is 7.89. The van der Waals surface area contributed by atoms with Crippen molar-refractivity contribution in [1.29, 1.82) is 0 Å². The molecule has 0 atom stereocenters. The lowest BCUT2D eigenvalue weighted by Crippen LogP contribution is -2.26. The van der Waals surface area contributed by atoms with Gasteiger partial charge < -0.3 is 5.32 Å². The molecule has 1 aromatic rings. The molecule has 0 unspecified atom stereocenters. The molecule has 7 heteroatoms. The Labute approximate surface area is 89.2 Å². The van der Waals surface area contributed by atoms with Crippen molar-refractivity contribution in [2.24, 2.45) is 0 Å². The Kier molecular flexibility index (Phi) is 3.98. The molecule has 0 bridgehead atoms. The van der Waals surface area contributed by atoms with Gasteiger partial charge in [-0.15, -0.1) is 0 Å². The first-order valence-electron chi connectivity index (χ1n) is 4.47. The number of rotatable bonds is 5. The highest BCUT2D eigenvalue weighted by Crippen LogP contribution is 1.97. The van der Waals surface area contributed by atoms with E-state index in [9.17, 15) is 8.42 Å². The van der Waals surface area contributed by atoms with Crippen LogP contribution in [0.3, 0.4) is 0 Å². The first-order valence-corrected chi connectivity index (χ1v) is 6.12. The maximum absolute atomic E-state index is 11.1. The van der Waals surface area contributed by atoms with E-state index >= 15 is 0 Å². The molecule has 1 aromatic heterocycles. The van der Waals surface area contributed by atoms with Crippen LogP contribution < -0.4 is 10.0 Å². The maximum atomic E-state index is 11.1. The number of hydrogen-bond acceptors (Lipinski definition) is 5. The Balaban J connectivity index is 2.42. The Morgan fingerprint density at radius 2 is 1.93 bits per heavy atom. The molecule has 0 spiro atoms. The highest BCUT2D eigenvalue weighted by atomic mass is 32.2. The van der Waals surface area contributed by atoms with Crippen molar-refractivity contribution < 1.29 is 8.42 Å². The van der Waals surface area contributed by atoms with Crippen molar-refractivity contribution in [1.82, 2.24) is 14.7 Å². The van der Waals surface area contributed by atoms with Crippen LogP contribution in [0.4, 0.5) is 5.95 Å². The summed E-state index contributed by atoms with van der Waals surface area (Å²) in [7, 11) is -1.78. The molecule has 15 heavy (non-hydrogen) atoms. The third-order valence-electron chi connectivity index (χ3n) is 1.75. The van der Waals surface area contributed by atoms with Gasteiger partial charge >= 0.3 is 0 Å². The normalized spacial score (nSPS) is 11.3. The Hall–Kier alpha value is -1.21. The minimum atomic E-state index is -3.17. The van der Waals surface area contributed by atoms with Gasteiger partial charge in [0.15, 0.2) is 0 Å². The van der Waals surface area contributed by atoms with E-state index in [4.69, 9.17) is 0 Å². The van der Waals surface area contributed by atoms with Crippen LogP contribution >= 0.6 is 0 Å². The van der Waals surface area contributed by atoms with Crippen LogP contribution in [-0.4, -0.2) is 37.7 Å². The highest BCUT2D eigenvalue weighted by Gasteiger charge is 2.05. The first kappa shape index (κ1) is 11.9. The van der Waals surface area contributed by atoms with E-state index in [1.165, 1.54) is 7.05 Å². The van der Waals surface area contributed by atoms with Gasteiger partial charge in [-0.3, -0.25) is 0 Å². The zero-order valence-electron chi connectivity index (χ0n) is 8.69. The summed E-state index contributed by atoms with van der Waals surface area (Å²) in [6.07, 6.45) is 3.34. The van der Waals surface area contributed by atoms with E-state index in [1.807, 2.05) is 6.92 Å². The van der Waals surface area contributed by atoms with E-state index in [1.54, 1.807) is 12.4 Å². The first-order chi connectivity index (χ1) is 7.03. The van der Waals surface area contributed by atoms with E-state index in [2.05, 4.69) is 20.0 Å². The van der Waals surface area contributed by atoms with E-state index < -0.39 is 10.0 Å². The largest absolute Gasteiger partial charge is 0.353 e. The predicted octanol–water partition coefficient (Wildman–Crippen LogP) is -0.254. The van der Waals surface area contributed by atoms with Gasteiger partial charge in [-0.2, -0.15) is 0 Å². The summed E-state index contributed by atoms with van der Waals surface area (Å²) < 4.78 is 24.3. The molecule has 0 saturated heterocycles. The van der Waals surface area contributed by atoms with E-state index in [0.717, 1.165) is 5.56 Å². The lowest BCUT2D eigenvalue weighted by atomic mass is 10.4. The molecule has 0 amide bonds. The van der Waals surface area contributed by atoms with Crippen molar-refractivity contribution in [3.05, 3.63) is 18.0 Å². The second kappa shape index (κ2) is 5.04. The third kappa shape index (κ3) is 4.22. The lowest BCUT2D eigenvalue weighted by molar-refractivity contribution is 0.588. The third-order valence-corrected chi connectivity index (χ3v) is 3.11. The molecular weight excluding hydrogens is 216 g/mol. The summed E-state index contributed by atoms with van der Waals surface area (Å²) in [5, 5.41) is 2.82. The number of nitrogens with one attached hydrogen (secondary N) is 2. The van der Waals surface area contributed by atoms with Crippen LogP contribution in [0.2, 0.25) is 0 Å². The van der Waals surface area contributed by atoms with Crippen molar-refractivity contribution >= 4 is 16.0 Å². The average molecular weight is 230 g/mol. The number of sulfonamides is 1. The fourth-order valence-electron chi connectivity index (χ4n) is 0.883. The average Bonchev–Trinajstić information content (AvgIpc) is 2.21. The van der Waals surface area contributed by atoms with Crippen molar-refractivity contribution in [2.75, 3.05) is 24.7 Å². The molecule has 0 radical (unpaired) electrons. The summed E-state index contributed by atoms with van der Waals surface area (Å²) in [4.78, 5) is 7.97. The van der Waals surface area contributed by atoms with Gasteiger partial charge in [0.1, 0.15) is 0 Å². The quantitative estimate of drug-likeness (QED) is 0.728. The Morgan fingerprint density at radius 3 is 2.47 bits per heavy atom. The predicted molar refractivity (Wildman–Crippen MR) is 58.1 cm³/mol. The van der Waals surface area contributed by atoms with Gasteiger partial charge in [0, 0.05) is 18.9 Å². The fraction of sp³-hybridized carbons (Fsp3) is 0.500. The Bertz CT molecular complexity index is 401. The summed E-state index contributed by atoms with van der Waals surface area (Å²) in [6, 6.07) is 0. The number of aryl methyl sites for hydroxylation is 1. The summed E-state index contributed by atoms with van der Waals surface area (Å²) in [6.45, 7) is 2.17. The second-order valence-electron chi connectivity index (χ2n) is 3.03. The maximum Gasteiger partial charge on any atom is 0.222 e. The molecule has 6 nitrogen and oxygen atoms in total. The molecule has 0 aliphatic rings. The van der Waals surface area contributed by atoms with Crippen molar-refractivity contribution in [3.63, 3.8) is 0 Å². The molecule has 2 N–H and O–H groups in total. The van der Waals surface area contributed by atoms with Crippen LogP contribution in [0.25, 0.3) is 0 Å². The van der Waals surface area contributed by atoms with Crippen molar-refractivity contribution in [2.45, 2.75) is 6.92 Å². The Morgan fingerprint density at radius 1 is 1.33 bits per heavy atom. The number of hydrogen-bond donors (Lipinski definition) is 2. The van der Waals surface area contributed by atoms with Crippen LogP contribution in [0.15, 0.2) is 12.4 Å². The van der Waals surface area contributed by atoms with Gasteiger partial charge in [0.05, 0.1) is 5.75 Å². The monoisotopic (exact) mass is 230 g/mol. The zero-order valence-corrected chi connectivity index (χ0v) is 9.50. The molecule has 0 saturated carbocycles. The van der Waals surface area contributed by atoms with Crippen LogP contribution in [-0.2, 0) is 10.0 Å². The molecule has 1 heterocycles. The summed E-state index contributed by atoms with van der Waals surface area (Å²) in [5.74, 6) is 0.438. The molecule has 0 fully saturated rings. The lowest BCUT2D eigenvalue weighted by Gasteiger charge is -2.04. The van der Waals surface area contributed by atoms with E-state index in [0.29, 0.717) is 5.95 Å². The van der Waals surface area contributed by atoms with Gasteiger partial charge in [0.25, 0.3) is 0 Å². The van der Waals surface area contributed by atoms with Crippen LogP contribution in [0.1, 0.15) is 5.56 Å².